The minimum atomic E-state index is -0.0936. The van der Waals surface area contributed by atoms with Gasteiger partial charge in [-0.2, -0.15) is 4.98 Å². The Morgan fingerprint density at radius 2 is 1.63 bits per heavy atom. The molecule has 2 heterocycles. The standard InChI is InChI=1S/C30H31N5O3/c1-5-37-26-16-15-22(17-27(26)38-6-2)32-30-31-18-25-28(33-30)34(4)24-10-8-7-9-23(24)29(36)35(25)19-21-13-11-20(3)12-14-21/h7-18H,5-6,19H2,1-4H3,(H,31,32,33). The summed E-state index contributed by atoms with van der Waals surface area (Å²) in [6.07, 6.45) is 1.71. The van der Waals surface area contributed by atoms with E-state index in [0.29, 0.717) is 54.3 Å². The molecule has 8 nitrogen and oxygen atoms in total. The van der Waals surface area contributed by atoms with Gasteiger partial charge in [0.05, 0.1) is 37.2 Å². The van der Waals surface area contributed by atoms with Gasteiger partial charge < -0.3 is 19.7 Å². The van der Waals surface area contributed by atoms with E-state index in [1.807, 2.05) is 87.3 Å². The number of amides is 1. The number of carbonyl (C=O) groups excluding carboxylic acids is 1. The van der Waals surface area contributed by atoms with Crippen LogP contribution in [-0.4, -0.2) is 36.1 Å². The minimum absolute atomic E-state index is 0.0936. The molecule has 4 aromatic rings. The lowest BCUT2D eigenvalue weighted by Gasteiger charge is -2.24. The normalized spacial score (nSPS) is 12.5. The molecule has 0 radical (unpaired) electrons. The van der Waals surface area contributed by atoms with Crippen molar-refractivity contribution in [3.05, 3.63) is 89.6 Å². The lowest BCUT2D eigenvalue weighted by molar-refractivity contribution is 0.0986. The van der Waals surface area contributed by atoms with Crippen LogP contribution < -0.4 is 24.6 Å². The molecule has 0 aliphatic carbocycles. The molecule has 1 aromatic heterocycles. The Labute approximate surface area is 222 Å². The number of ether oxygens (including phenoxy) is 2. The summed E-state index contributed by atoms with van der Waals surface area (Å²) in [5.74, 6) is 2.27. The van der Waals surface area contributed by atoms with E-state index < -0.39 is 0 Å². The molecule has 1 N–H and O–H groups in total. The number of nitrogens with one attached hydrogen (secondary N) is 1. The van der Waals surface area contributed by atoms with Crippen molar-refractivity contribution in [2.45, 2.75) is 27.3 Å². The van der Waals surface area contributed by atoms with Crippen molar-refractivity contribution in [2.24, 2.45) is 0 Å². The predicted molar refractivity (Wildman–Crippen MR) is 150 cm³/mol. The Hall–Kier alpha value is -4.59. The van der Waals surface area contributed by atoms with Crippen molar-refractivity contribution in [3.8, 4) is 11.5 Å². The van der Waals surface area contributed by atoms with Gasteiger partial charge in [-0.15, -0.1) is 0 Å². The third-order valence-corrected chi connectivity index (χ3v) is 6.36. The number of nitrogens with zero attached hydrogens (tertiary/aromatic N) is 4. The molecule has 1 amide bonds. The van der Waals surface area contributed by atoms with E-state index in [9.17, 15) is 4.79 Å². The summed E-state index contributed by atoms with van der Waals surface area (Å²) in [6.45, 7) is 7.39. The van der Waals surface area contributed by atoms with Crippen LogP contribution in [0.4, 0.5) is 28.8 Å². The number of carbonyl (C=O) groups is 1. The van der Waals surface area contributed by atoms with Crippen molar-refractivity contribution < 1.29 is 14.3 Å². The Morgan fingerprint density at radius 3 is 2.39 bits per heavy atom. The van der Waals surface area contributed by atoms with Gasteiger partial charge in [0.2, 0.25) is 5.95 Å². The van der Waals surface area contributed by atoms with E-state index in [1.165, 1.54) is 5.56 Å². The summed E-state index contributed by atoms with van der Waals surface area (Å²) >= 11 is 0. The highest BCUT2D eigenvalue weighted by Crippen LogP contribution is 2.40. The molecular formula is C30H31N5O3. The molecule has 1 aliphatic heterocycles. The molecule has 194 valence electrons. The van der Waals surface area contributed by atoms with E-state index in [1.54, 1.807) is 11.1 Å². The minimum Gasteiger partial charge on any atom is -0.490 e. The molecule has 38 heavy (non-hydrogen) atoms. The van der Waals surface area contributed by atoms with E-state index in [0.717, 1.165) is 16.9 Å². The van der Waals surface area contributed by atoms with Crippen LogP contribution >= 0.6 is 0 Å². The van der Waals surface area contributed by atoms with Gasteiger partial charge in [0.1, 0.15) is 5.69 Å². The Kier molecular flexibility index (Phi) is 7.13. The van der Waals surface area contributed by atoms with Gasteiger partial charge in [-0.1, -0.05) is 42.0 Å². The highest BCUT2D eigenvalue weighted by Gasteiger charge is 2.31. The van der Waals surface area contributed by atoms with Crippen LogP contribution in [0.5, 0.6) is 11.5 Å². The molecular weight excluding hydrogens is 478 g/mol. The van der Waals surface area contributed by atoms with E-state index >= 15 is 0 Å². The molecule has 0 saturated heterocycles. The van der Waals surface area contributed by atoms with Crippen LogP contribution in [0.3, 0.4) is 0 Å². The molecule has 0 saturated carbocycles. The van der Waals surface area contributed by atoms with Gasteiger partial charge in [-0.3, -0.25) is 9.69 Å². The number of anilines is 5. The zero-order chi connectivity index (χ0) is 26.6. The molecule has 0 atom stereocenters. The summed E-state index contributed by atoms with van der Waals surface area (Å²) in [5.41, 5.74) is 5.00. The monoisotopic (exact) mass is 509 g/mol. The van der Waals surface area contributed by atoms with Crippen molar-refractivity contribution in [2.75, 3.05) is 35.4 Å². The Bertz CT molecular complexity index is 1450. The second kappa shape index (κ2) is 10.8. The van der Waals surface area contributed by atoms with Gasteiger partial charge in [0, 0.05) is 18.8 Å². The van der Waals surface area contributed by atoms with Crippen LogP contribution in [0.2, 0.25) is 0 Å². The number of hydrogen-bond acceptors (Lipinski definition) is 7. The summed E-state index contributed by atoms with van der Waals surface area (Å²) in [7, 11) is 1.92. The van der Waals surface area contributed by atoms with Crippen LogP contribution in [-0.2, 0) is 6.54 Å². The second-order valence-electron chi connectivity index (χ2n) is 9.01. The average molecular weight is 510 g/mol. The predicted octanol–water partition coefficient (Wildman–Crippen LogP) is 6.25. The van der Waals surface area contributed by atoms with Crippen molar-refractivity contribution in [1.29, 1.82) is 0 Å². The highest BCUT2D eigenvalue weighted by atomic mass is 16.5. The largest absolute Gasteiger partial charge is 0.490 e. The van der Waals surface area contributed by atoms with Gasteiger partial charge in [-0.05, 0) is 50.6 Å². The molecule has 8 heteroatoms. The summed E-state index contributed by atoms with van der Waals surface area (Å²) in [6, 6.07) is 21.4. The number of rotatable bonds is 8. The lowest BCUT2D eigenvalue weighted by Crippen LogP contribution is -2.30. The number of para-hydroxylation sites is 1. The lowest BCUT2D eigenvalue weighted by atomic mass is 10.1. The number of aryl methyl sites for hydroxylation is 1. The molecule has 0 spiro atoms. The maximum atomic E-state index is 13.8. The second-order valence-corrected chi connectivity index (χ2v) is 9.01. The topological polar surface area (TPSA) is 79.8 Å². The van der Waals surface area contributed by atoms with Gasteiger partial charge in [0.15, 0.2) is 17.3 Å². The van der Waals surface area contributed by atoms with Crippen LogP contribution in [0.1, 0.15) is 35.3 Å². The third kappa shape index (κ3) is 4.98. The quantitative estimate of drug-likeness (QED) is 0.301. The number of fused-ring (bicyclic) bond motifs is 2. The number of benzene rings is 3. The number of aromatic nitrogens is 2. The van der Waals surface area contributed by atoms with E-state index in [2.05, 4.69) is 22.4 Å². The summed E-state index contributed by atoms with van der Waals surface area (Å²) < 4.78 is 11.4. The Balaban J connectivity index is 1.54. The molecule has 0 unspecified atom stereocenters. The average Bonchev–Trinajstić information content (AvgIpc) is 3.01. The molecule has 0 fully saturated rings. The van der Waals surface area contributed by atoms with Gasteiger partial charge in [0.25, 0.3) is 5.91 Å². The highest BCUT2D eigenvalue weighted by molar-refractivity contribution is 6.13. The zero-order valence-corrected chi connectivity index (χ0v) is 22.1. The van der Waals surface area contributed by atoms with Crippen molar-refractivity contribution in [3.63, 3.8) is 0 Å². The molecule has 3 aromatic carbocycles. The van der Waals surface area contributed by atoms with Crippen LogP contribution in [0.15, 0.2) is 72.9 Å². The first kappa shape index (κ1) is 25.1. The maximum Gasteiger partial charge on any atom is 0.260 e. The third-order valence-electron chi connectivity index (χ3n) is 6.36. The molecule has 1 aliphatic rings. The first-order valence-corrected chi connectivity index (χ1v) is 12.7. The van der Waals surface area contributed by atoms with Crippen LogP contribution in [0, 0.1) is 6.92 Å². The molecule has 0 bridgehead atoms. The summed E-state index contributed by atoms with van der Waals surface area (Å²) in [4.78, 5) is 26.9. The smallest absolute Gasteiger partial charge is 0.260 e. The fourth-order valence-corrected chi connectivity index (χ4v) is 4.47. The first-order valence-electron chi connectivity index (χ1n) is 12.7. The van der Waals surface area contributed by atoms with Crippen LogP contribution in [0.25, 0.3) is 0 Å². The Morgan fingerprint density at radius 1 is 0.895 bits per heavy atom. The maximum absolute atomic E-state index is 13.8. The number of hydrogen-bond donors (Lipinski definition) is 1. The molecule has 5 rings (SSSR count). The fourth-order valence-electron chi connectivity index (χ4n) is 4.47. The SMILES string of the molecule is CCOc1ccc(Nc2ncc3c(n2)N(C)c2ccccc2C(=O)N3Cc2ccc(C)cc2)cc1OCC. The first-order chi connectivity index (χ1) is 18.5. The van der Waals surface area contributed by atoms with Crippen molar-refractivity contribution >= 4 is 34.7 Å². The van der Waals surface area contributed by atoms with Gasteiger partial charge >= 0.3 is 0 Å². The summed E-state index contributed by atoms with van der Waals surface area (Å²) in [5, 5.41) is 3.28. The zero-order valence-electron chi connectivity index (χ0n) is 22.1. The fraction of sp³-hybridized carbons (Fsp3) is 0.233. The van der Waals surface area contributed by atoms with Crippen molar-refractivity contribution in [1.82, 2.24) is 9.97 Å². The van der Waals surface area contributed by atoms with E-state index in [4.69, 9.17) is 14.5 Å². The van der Waals surface area contributed by atoms with Gasteiger partial charge in [-0.25, -0.2) is 4.98 Å². The van der Waals surface area contributed by atoms with E-state index in [-0.39, 0.29) is 5.91 Å².